The Labute approximate surface area is 73.8 Å². The third kappa shape index (κ3) is 2.46. The van der Waals surface area contributed by atoms with Crippen molar-refractivity contribution in [1.82, 2.24) is 0 Å². The lowest BCUT2D eigenvalue weighted by Crippen LogP contribution is -2.22. The summed E-state index contributed by atoms with van der Waals surface area (Å²) < 4.78 is 5.26. The van der Waals surface area contributed by atoms with Gasteiger partial charge in [-0.2, -0.15) is 0 Å². The number of nitrogens with two attached hydrogens (primary N) is 1. The monoisotopic (exact) mass is 166 g/mol. The Morgan fingerprint density at radius 3 is 3.00 bits per heavy atom. The molecule has 66 valence electrons. The Hall–Kier alpha value is -0.605. The summed E-state index contributed by atoms with van der Waals surface area (Å²) in [5, 5.41) is 0. The van der Waals surface area contributed by atoms with Crippen LogP contribution in [0, 0.1) is 0 Å². The van der Waals surface area contributed by atoms with Gasteiger partial charge in [-0.05, 0) is 18.1 Å². The van der Waals surface area contributed by atoms with Gasteiger partial charge in [-0.3, -0.25) is 4.99 Å². The molecule has 0 aromatic heterocycles. The number of hydrogen-bond donors (Lipinski definition) is 1. The van der Waals surface area contributed by atoms with Crippen molar-refractivity contribution in [2.45, 2.75) is 20.2 Å². The van der Waals surface area contributed by atoms with E-state index in [4.69, 9.17) is 10.4 Å². The lowest BCUT2D eigenvalue weighted by atomic mass is 9.69. The van der Waals surface area contributed by atoms with Crippen LogP contribution in [0.4, 0.5) is 0 Å². The Morgan fingerprint density at radius 1 is 1.67 bits per heavy atom. The maximum Gasteiger partial charge on any atom is 0.261 e. The van der Waals surface area contributed by atoms with Crippen LogP contribution in [0.15, 0.2) is 16.3 Å². The van der Waals surface area contributed by atoms with Crippen LogP contribution in [0.25, 0.3) is 0 Å². The van der Waals surface area contributed by atoms with Gasteiger partial charge >= 0.3 is 0 Å². The van der Waals surface area contributed by atoms with Crippen molar-refractivity contribution in [1.29, 1.82) is 0 Å². The number of aliphatic imine (C=N–C) groups is 1. The van der Waals surface area contributed by atoms with Crippen molar-refractivity contribution in [3.63, 3.8) is 0 Å². The normalized spacial score (nSPS) is 17.9. The van der Waals surface area contributed by atoms with Gasteiger partial charge in [0.15, 0.2) is 0 Å². The molecular formula is C8H15BN2O. The summed E-state index contributed by atoms with van der Waals surface area (Å²) in [6.45, 7) is 5.43. The molecule has 3 nitrogen and oxygen atoms in total. The van der Waals surface area contributed by atoms with Gasteiger partial charge in [0, 0.05) is 0 Å². The van der Waals surface area contributed by atoms with Gasteiger partial charge in [-0.1, -0.05) is 13.7 Å². The molecule has 0 unspecified atom stereocenters. The molecule has 1 aliphatic heterocycles. The number of rotatable bonds is 3. The molecule has 0 aromatic carbocycles. The summed E-state index contributed by atoms with van der Waals surface area (Å²) in [6.07, 6.45) is 2.78. The molecule has 1 rings (SSSR count). The average Bonchev–Trinajstić information content (AvgIpc) is 2.47. The highest BCUT2D eigenvalue weighted by Crippen LogP contribution is 2.17. The van der Waals surface area contributed by atoms with E-state index in [9.17, 15) is 0 Å². The van der Waals surface area contributed by atoms with Crippen LogP contribution in [0.3, 0.4) is 0 Å². The highest BCUT2D eigenvalue weighted by Gasteiger charge is 2.11. The van der Waals surface area contributed by atoms with Crippen LogP contribution >= 0.6 is 0 Å². The van der Waals surface area contributed by atoms with E-state index in [1.165, 1.54) is 5.57 Å². The lowest BCUT2D eigenvalue weighted by Gasteiger charge is -1.95. The van der Waals surface area contributed by atoms with Gasteiger partial charge in [-0.15, -0.1) is 0 Å². The van der Waals surface area contributed by atoms with E-state index in [0.717, 1.165) is 18.7 Å². The zero-order chi connectivity index (χ0) is 8.97. The van der Waals surface area contributed by atoms with E-state index in [0.29, 0.717) is 6.61 Å². The quantitative estimate of drug-likeness (QED) is 0.499. The molecule has 0 bridgehead atoms. The van der Waals surface area contributed by atoms with Crippen LogP contribution < -0.4 is 5.64 Å². The Morgan fingerprint density at radius 2 is 2.42 bits per heavy atom. The fourth-order valence-electron chi connectivity index (χ4n) is 1.10. The maximum absolute atomic E-state index is 5.54. The average molecular weight is 166 g/mol. The summed E-state index contributed by atoms with van der Waals surface area (Å²) in [7, 11) is 0. The van der Waals surface area contributed by atoms with Gasteiger partial charge < -0.3 is 10.4 Å². The minimum Gasteiger partial charge on any atom is -0.371 e. The zero-order valence-electron chi connectivity index (χ0n) is 7.71. The second kappa shape index (κ2) is 4.43. The highest BCUT2D eigenvalue weighted by molar-refractivity contribution is 6.81. The lowest BCUT2D eigenvalue weighted by molar-refractivity contribution is 0.203. The third-order valence-corrected chi connectivity index (χ3v) is 1.82. The molecule has 0 aromatic rings. The molecule has 1 heterocycles. The molecule has 0 spiro atoms. The van der Waals surface area contributed by atoms with Crippen molar-refractivity contribution >= 4 is 13.0 Å². The fraction of sp³-hybridized carbons (Fsp3) is 0.625. The topological polar surface area (TPSA) is 47.6 Å². The molecule has 0 aliphatic carbocycles. The summed E-state index contributed by atoms with van der Waals surface area (Å²) in [5.74, 6) is 0. The summed E-state index contributed by atoms with van der Waals surface area (Å²) in [4.78, 5) is 4.28. The van der Waals surface area contributed by atoms with Crippen LogP contribution in [-0.2, 0) is 4.74 Å². The summed E-state index contributed by atoms with van der Waals surface area (Å²) in [5.41, 5.74) is 7.91. The van der Waals surface area contributed by atoms with Gasteiger partial charge in [0.25, 0.3) is 6.85 Å². The summed E-state index contributed by atoms with van der Waals surface area (Å²) in [6, 6.07) is 0. The molecule has 0 saturated heterocycles. The fourth-order valence-corrected chi connectivity index (χ4v) is 1.10. The first-order valence-corrected chi connectivity index (χ1v) is 4.32. The van der Waals surface area contributed by atoms with E-state index < -0.39 is 0 Å². The van der Waals surface area contributed by atoms with Gasteiger partial charge in [0.1, 0.15) is 0 Å². The van der Waals surface area contributed by atoms with Crippen LogP contribution in [-0.4, -0.2) is 26.2 Å². The first-order chi connectivity index (χ1) is 5.74. The highest BCUT2D eigenvalue weighted by atomic mass is 16.5. The number of hydrogen-bond acceptors (Lipinski definition) is 3. The maximum atomic E-state index is 5.54. The predicted molar refractivity (Wildman–Crippen MR) is 52.4 cm³/mol. The number of ether oxygens (including phenoxy) is 1. The molecule has 2 N–H and O–H groups in total. The van der Waals surface area contributed by atoms with Crippen LogP contribution in [0.5, 0.6) is 0 Å². The largest absolute Gasteiger partial charge is 0.371 e. The van der Waals surface area contributed by atoms with Crippen molar-refractivity contribution in [3.8, 4) is 0 Å². The SMILES string of the molecule is CCC1=C(/N=C/B(C)N)COC1. The van der Waals surface area contributed by atoms with E-state index in [2.05, 4.69) is 11.9 Å². The molecule has 12 heavy (non-hydrogen) atoms. The predicted octanol–water partition coefficient (Wildman–Crippen LogP) is 0.871. The van der Waals surface area contributed by atoms with Crippen molar-refractivity contribution in [3.05, 3.63) is 11.3 Å². The Balaban J connectivity index is 2.60. The first kappa shape index (κ1) is 9.48. The standard InChI is InChI=1S/C8H15BN2O/c1-3-7-4-12-5-8(7)11-6-9(2)10/h6H,3-5,10H2,1-2H3/b11-6+. The van der Waals surface area contributed by atoms with Crippen molar-refractivity contribution in [2.24, 2.45) is 10.6 Å². The second-order valence-corrected chi connectivity index (χ2v) is 3.03. The number of nitrogens with zero attached hydrogens (tertiary/aromatic N) is 1. The molecule has 0 atom stereocenters. The third-order valence-electron chi connectivity index (χ3n) is 1.82. The first-order valence-electron chi connectivity index (χ1n) is 4.32. The van der Waals surface area contributed by atoms with Crippen molar-refractivity contribution < 1.29 is 4.74 Å². The minimum atomic E-state index is 0.0243. The summed E-state index contributed by atoms with van der Waals surface area (Å²) >= 11 is 0. The molecule has 4 heteroatoms. The molecule has 0 fully saturated rings. The van der Waals surface area contributed by atoms with E-state index in [1.54, 1.807) is 6.11 Å². The van der Waals surface area contributed by atoms with Crippen LogP contribution in [0.2, 0.25) is 6.82 Å². The molecule has 0 amide bonds. The van der Waals surface area contributed by atoms with Gasteiger partial charge in [0.2, 0.25) is 0 Å². The van der Waals surface area contributed by atoms with Gasteiger partial charge in [0.05, 0.1) is 18.9 Å². The Kier molecular flexibility index (Phi) is 3.50. The van der Waals surface area contributed by atoms with Gasteiger partial charge in [-0.25, -0.2) is 0 Å². The van der Waals surface area contributed by atoms with E-state index in [1.807, 2.05) is 6.82 Å². The zero-order valence-corrected chi connectivity index (χ0v) is 7.71. The van der Waals surface area contributed by atoms with Crippen LogP contribution in [0.1, 0.15) is 13.3 Å². The smallest absolute Gasteiger partial charge is 0.261 e. The van der Waals surface area contributed by atoms with E-state index >= 15 is 0 Å². The molecular weight excluding hydrogens is 151 g/mol. The molecule has 0 saturated carbocycles. The Bertz CT molecular complexity index is 211. The van der Waals surface area contributed by atoms with E-state index in [-0.39, 0.29) is 6.85 Å². The van der Waals surface area contributed by atoms with Crippen molar-refractivity contribution in [2.75, 3.05) is 13.2 Å². The second-order valence-electron chi connectivity index (χ2n) is 3.03. The molecule has 1 aliphatic rings. The molecule has 0 radical (unpaired) electrons. The minimum absolute atomic E-state index is 0.0243.